The van der Waals surface area contributed by atoms with E-state index in [0.29, 0.717) is 22.6 Å². The van der Waals surface area contributed by atoms with Gasteiger partial charge >= 0.3 is 0 Å². The van der Waals surface area contributed by atoms with Crippen LogP contribution in [0.3, 0.4) is 0 Å². The largest absolute Gasteiger partial charge is 0.496 e. The highest BCUT2D eigenvalue weighted by Gasteiger charge is 2.19. The van der Waals surface area contributed by atoms with Crippen molar-refractivity contribution in [1.29, 1.82) is 0 Å². The Balaban J connectivity index is 3.40. The third-order valence-corrected chi connectivity index (χ3v) is 2.42. The Morgan fingerprint density at radius 3 is 2.24 bits per heavy atom. The molecule has 5 heteroatoms. The summed E-state index contributed by atoms with van der Waals surface area (Å²) in [5.74, 6) is 0.866. The zero-order valence-corrected chi connectivity index (χ0v) is 10.3. The molecule has 0 saturated carbocycles. The summed E-state index contributed by atoms with van der Waals surface area (Å²) in [6.45, 7) is 0.182. The first-order valence-corrected chi connectivity index (χ1v) is 5.15. The summed E-state index contributed by atoms with van der Waals surface area (Å²) in [5, 5.41) is 0. The summed E-state index contributed by atoms with van der Waals surface area (Å²) < 4.78 is 15.4. The van der Waals surface area contributed by atoms with Gasteiger partial charge < -0.3 is 19.9 Å². The second-order valence-electron chi connectivity index (χ2n) is 3.38. The maximum atomic E-state index is 11.8. The second kappa shape index (κ2) is 6.22. The lowest BCUT2D eigenvalue weighted by atomic mass is 10.0. The molecule has 0 aliphatic rings. The van der Waals surface area contributed by atoms with Crippen LogP contribution in [0.1, 0.15) is 15.9 Å². The van der Waals surface area contributed by atoms with Crippen LogP contribution >= 0.6 is 0 Å². The molecule has 0 amide bonds. The normalized spacial score (nSPS) is 10.1. The zero-order valence-electron chi connectivity index (χ0n) is 10.3. The van der Waals surface area contributed by atoms with E-state index in [9.17, 15) is 4.79 Å². The van der Waals surface area contributed by atoms with Gasteiger partial charge in [-0.15, -0.1) is 0 Å². The molecule has 1 aromatic carbocycles. The van der Waals surface area contributed by atoms with Crippen LogP contribution in [0.4, 0.5) is 0 Å². The molecule has 0 radical (unpaired) electrons. The standard InChI is InChI=1S/C12H17NO4/c1-15-7-8-10(16-2)4-5-11(17-3)12(8)9(14)6-13/h4-5H,6-7,13H2,1-3H3. The van der Waals surface area contributed by atoms with Gasteiger partial charge in [-0.3, -0.25) is 4.79 Å². The van der Waals surface area contributed by atoms with Crippen LogP contribution < -0.4 is 15.2 Å². The third kappa shape index (κ3) is 2.75. The van der Waals surface area contributed by atoms with E-state index in [4.69, 9.17) is 19.9 Å². The van der Waals surface area contributed by atoms with Crippen molar-refractivity contribution in [3.63, 3.8) is 0 Å². The number of carbonyl (C=O) groups is 1. The maximum absolute atomic E-state index is 11.8. The Labute approximate surface area is 100 Å². The molecule has 0 fully saturated rings. The van der Waals surface area contributed by atoms with Gasteiger partial charge in [0.25, 0.3) is 0 Å². The lowest BCUT2D eigenvalue weighted by molar-refractivity contribution is 0.0992. The average molecular weight is 239 g/mol. The molecule has 1 rings (SSSR count). The molecule has 17 heavy (non-hydrogen) atoms. The van der Waals surface area contributed by atoms with Gasteiger partial charge in [-0.1, -0.05) is 0 Å². The summed E-state index contributed by atoms with van der Waals surface area (Å²) >= 11 is 0. The molecule has 0 aliphatic heterocycles. The second-order valence-corrected chi connectivity index (χ2v) is 3.38. The molecule has 0 atom stereocenters. The number of hydrogen-bond donors (Lipinski definition) is 1. The zero-order chi connectivity index (χ0) is 12.8. The minimum absolute atomic E-state index is 0.0831. The van der Waals surface area contributed by atoms with E-state index in [1.54, 1.807) is 19.2 Å². The smallest absolute Gasteiger partial charge is 0.180 e. The number of nitrogens with two attached hydrogens (primary N) is 1. The Morgan fingerprint density at radius 1 is 1.18 bits per heavy atom. The Morgan fingerprint density at radius 2 is 1.76 bits per heavy atom. The molecule has 94 valence electrons. The van der Waals surface area contributed by atoms with Crippen LogP contribution in [0.5, 0.6) is 11.5 Å². The number of ketones is 1. The average Bonchev–Trinajstić information content (AvgIpc) is 2.37. The van der Waals surface area contributed by atoms with Gasteiger partial charge in [0.1, 0.15) is 11.5 Å². The summed E-state index contributed by atoms with van der Waals surface area (Å²) in [6, 6.07) is 3.42. The van der Waals surface area contributed by atoms with Crippen LogP contribution in [0.15, 0.2) is 12.1 Å². The van der Waals surface area contributed by atoms with Crippen molar-refractivity contribution in [3.8, 4) is 11.5 Å². The maximum Gasteiger partial charge on any atom is 0.180 e. The number of hydrogen-bond acceptors (Lipinski definition) is 5. The Bertz CT molecular complexity index is 404. The van der Waals surface area contributed by atoms with Crippen molar-refractivity contribution < 1.29 is 19.0 Å². The highest BCUT2D eigenvalue weighted by molar-refractivity contribution is 6.02. The molecular weight excluding hydrogens is 222 g/mol. The van der Waals surface area contributed by atoms with Crippen LogP contribution in [-0.4, -0.2) is 33.7 Å². The molecule has 5 nitrogen and oxygen atoms in total. The number of Topliss-reactive ketones (excluding diaryl/α,β-unsaturated/α-hetero) is 1. The van der Waals surface area contributed by atoms with Crippen LogP contribution in [0.25, 0.3) is 0 Å². The number of ether oxygens (including phenoxy) is 3. The fourth-order valence-corrected chi connectivity index (χ4v) is 1.66. The van der Waals surface area contributed by atoms with Crippen molar-refractivity contribution in [2.75, 3.05) is 27.9 Å². The first-order chi connectivity index (χ1) is 8.19. The molecule has 0 saturated heterocycles. The molecule has 0 unspecified atom stereocenters. The Hall–Kier alpha value is -1.59. The number of rotatable bonds is 6. The van der Waals surface area contributed by atoms with Crippen molar-refractivity contribution in [2.24, 2.45) is 5.73 Å². The van der Waals surface area contributed by atoms with E-state index in [-0.39, 0.29) is 18.9 Å². The van der Waals surface area contributed by atoms with E-state index >= 15 is 0 Å². The van der Waals surface area contributed by atoms with Gasteiger partial charge in [0, 0.05) is 12.7 Å². The van der Waals surface area contributed by atoms with Gasteiger partial charge in [-0.25, -0.2) is 0 Å². The van der Waals surface area contributed by atoms with E-state index in [1.807, 2.05) is 0 Å². The molecule has 0 bridgehead atoms. The minimum atomic E-state index is -0.201. The van der Waals surface area contributed by atoms with E-state index in [1.165, 1.54) is 14.2 Å². The van der Waals surface area contributed by atoms with Crippen molar-refractivity contribution in [1.82, 2.24) is 0 Å². The fraction of sp³-hybridized carbons (Fsp3) is 0.417. The summed E-state index contributed by atoms with van der Waals surface area (Å²) in [5.41, 5.74) is 6.48. The highest BCUT2D eigenvalue weighted by atomic mass is 16.5. The van der Waals surface area contributed by atoms with Crippen LogP contribution in [0.2, 0.25) is 0 Å². The molecule has 2 N–H and O–H groups in total. The lowest BCUT2D eigenvalue weighted by Crippen LogP contribution is -2.17. The summed E-state index contributed by atoms with van der Waals surface area (Å²) in [6.07, 6.45) is 0. The topological polar surface area (TPSA) is 70.8 Å². The summed E-state index contributed by atoms with van der Waals surface area (Å²) in [4.78, 5) is 11.8. The van der Waals surface area contributed by atoms with Gasteiger partial charge in [-0.05, 0) is 12.1 Å². The quantitative estimate of drug-likeness (QED) is 0.750. The SMILES string of the molecule is COCc1c(OC)ccc(OC)c1C(=O)CN. The predicted molar refractivity (Wildman–Crippen MR) is 63.6 cm³/mol. The molecule has 0 aliphatic carbocycles. The van der Waals surface area contributed by atoms with Gasteiger partial charge in [0.05, 0.1) is 32.9 Å². The van der Waals surface area contributed by atoms with Gasteiger partial charge in [0.15, 0.2) is 5.78 Å². The number of benzene rings is 1. The Kier molecular flexibility index (Phi) is 4.93. The highest BCUT2D eigenvalue weighted by Crippen LogP contribution is 2.31. The fourth-order valence-electron chi connectivity index (χ4n) is 1.66. The minimum Gasteiger partial charge on any atom is -0.496 e. The first kappa shape index (κ1) is 13.5. The van der Waals surface area contributed by atoms with Crippen molar-refractivity contribution in [3.05, 3.63) is 23.3 Å². The van der Waals surface area contributed by atoms with Crippen LogP contribution in [0, 0.1) is 0 Å². The molecule has 0 heterocycles. The van der Waals surface area contributed by atoms with Crippen molar-refractivity contribution >= 4 is 5.78 Å². The predicted octanol–water partition coefficient (Wildman–Crippen LogP) is 0.992. The van der Waals surface area contributed by atoms with E-state index < -0.39 is 0 Å². The molecule has 0 spiro atoms. The number of carbonyl (C=O) groups excluding carboxylic acids is 1. The first-order valence-electron chi connectivity index (χ1n) is 5.15. The van der Waals surface area contributed by atoms with Gasteiger partial charge in [0.2, 0.25) is 0 Å². The lowest BCUT2D eigenvalue weighted by Gasteiger charge is -2.15. The number of methoxy groups -OCH3 is 3. The third-order valence-electron chi connectivity index (χ3n) is 2.42. The van der Waals surface area contributed by atoms with E-state index in [0.717, 1.165) is 0 Å². The van der Waals surface area contributed by atoms with E-state index in [2.05, 4.69) is 0 Å². The molecule has 0 aromatic heterocycles. The molecule has 1 aromatic rings. The summed E-state index contributed by atoms with van der Waals surface area (Å²) in [7, 11) is 4.60. The monoisotopic (exact) mass is 239 g/mol. The molecular formula is C12H17NO4. The van der Waals surface area contributed by atoms with Crippen LogP contribution in [-0.2, 0) is 11.3 Å². The van der Waals surface area contributed by atoms with Crippen molar-refractivity contribution in [2.45, 2.75) is 6.61 Å². The van der Waals surface area contributed by atoms with Gasteiger partial charge in [-0.2, -0.15) is 0 Å².